The third kappa shape index (κ3) is 3.89. The van der Waals surface area contributed by atoms with E-state index in [1.807, 2.05) is 6.92 Å². The van der Waals surface area contributed by atoms with Crippen LogP contribution in [-0.2, 0) is 4.74 Å². The smallest absolute Gasteiger partial charge is 0.0900 e. The molecule has 5 nitrogen and oxygen atoms in total. The van der Waals surface area contributed by atoms with Gasteiger partial charge in [-0.15, -0.1) is 0 Å². The molecule has 0 radical (unpaired) electrons. The van der Waals surface area contributed by atoms with E-state index in [1.165, 1.54) is 13.1 Å². The summed E-state index contributed by atoms with van der Waals surface area (Å²) in [5, 5.41) is 13.1. The van der Waals surface area contributed by atoms with E-state index in [0.717, 1.165) is 32.7 Å². The normalized spacial score (nSPS) is 25.8. The lowest BCUT2D eigenvalue weighted by molar-refractivity contribution is -0.0253. The Morgan fingerprint density at radius 1 is 1.35 bits per heavy atom. The monoisotopic (exact) mass is 243 g/mol. The van der Waals surface area contributed by atoms with Crippen molar-refractivity contribution in [3.8, 4) is 0 Å². The summed E-state index contributed by atoms with van der Waals surface area (Å²) in [4.78, 5) is 4.87. The third-order valence-electron chi connectivity index (χ3n) is 3.59. The first-order valence-electron chi connectivity index (χ1n) is 6.72. The van der Waals surface area contributed by atoms with Gasteiger partial charge in [0, 0.05) is 58.5 Å². The largest absolute Gasteiger partial charge is 0.389 e. The van der Waals surface area contributed by atoms with E-state index in [0.29, 0.717) is 19.3 Å². The lowest BCUT2D eigenvalue weighted by Gasteiger charge is -2.47. The standard InChI is InChI=1S/C12H25N3O2/c1-2-17-10-12(16)9-14-7-11(8-14)15-5-3-13-4-6-15/h11-13,16H,2-10H2,1H3. The first kappa shape index (κ1) is 13.2. The Bertz CT molecular complexity index is 216. The molecule has 100 valence electrons. The maximum Gasteiger partial charge on any atom is 0.0900 e. The van der Waals surface area contributed by atoms with Crippen molar-refractivity contribution in [2.24, 2.45) is 0 Å². The highest BCUT2D eigenvalue weighted by molar-refractivity contribution is 4.90. The zero-order valence-corrected chi connectivity index (χ0v) is 10.8. The number of rotatable bonds is 6. The Morgan fingerprint density at radius 2 is 2.06 bits per heavy atom. The minimum atomic E-state index is -0.334. The van der Waals surface area contributed by atoms with Crippen molar-refractivity contribution in [2.45, 2.75) is 19.1 Å². The number of nitrogens with zero attached hydrogens (tertiary/aromatic N) is 2. The number of aliphatic hydroxyl groups excluding tert-OH is 1. The topological polar surface area (TPSA) is 48.0 Å². The third-order valence-corrected chi connectivity index (χ3v) is 3.59. The molecule has 0 aliphatic carbocycles. The molecule has 0 spiro atoms. The molecule has 2 aliphatic rings. The van der Waals surface area contributed by atoms with Crippen molar-refractivity contribution in [3.05, 3.63) is 0 Å². The van der Waals surface area contributed by atoms with Gasteiger partial charge in [-0.05, 0) is 6.92 Å². The Kier molecular flexibility index (Phi) is 5.18. The van der Waals surface area contributed by atoms with Gasteiger partial charge in [-0.25, -0.2) is 0 Å². The second kappa shape index (κ2) is 6.66. The van der Waals surface area contributed by atoms with Gasteiger partial charge in [0.05, 0.1) is 12.7 Å². The molecule has 0 saturated carbocycles. The molecule has 5 heteroatoms. The summed E-state index contributed by atoms with van der Waals surface area (Å²) < 4.78 is 5.21. The fraction of sp³-hybridized carbons (Fsp3) is 1.00. The van der Waals surface area contributed by atoms with Crippen LogP contribution >= 0.6 is 0 Å². The average molecular weight is 243 g/mol. The minimum Gasteiger partial charge on any atom is -0.389 e. The Labute approximate surface area is 104 Å². The fourth-order valence-electron chi connectivity index (χ4n) is 2.57. The average Bonchev–Trinajstić information content (AvgIpc) is 2.31. The molecule has 1 atom stereocenters. The van der Waals surface area contributed by atoms with Crippen LogP contribution in [0.3, 0.4) is 0 Å². The van der Waals surface area contributed by atoms with E-state index in [4.69, 9.17) is 4.74 Å². The quantitative estimate of drug-likeness (QED) is 0.625. The minimum absolute atomic E-state index is 0.334. The zero-order chi connectivity index (χ0) is 12.1. The molecule has 0 aromatic carbocycles. The summed E-state index contributed by atoms with van der Waals surface area (Å²) >= 11 is 0. The number of ether oxygens (including phenoxy) is 1. The van der Waals surface area contributed by atoms with Gasteiger partial charge in [-0.1, -0.05) is 0 Å². The number of β-amino-alcohol motifs (C(OH)–C–C–N with tert-alkyl or cyclic N) is 1. The molecule has 0 bridgehead atoms. The molecular weight excluding hydrogens is 218 g/mol. The van der Waals surface area contributed by atoms with Crippen LogP contribution in [0.25, 0.3) is 0 Å². The van der Waals surface area contributed by atoms with Gasteiger partial charge in [-0.2, -0.15) is 0 Å². The first-order chi connectivity index (χ1) is 8.29. The molecule has 2 aliphatic heterocycles. The SMILES string of the molecule is CCOCC(O)CN1CC(N2CCNCC2)C1. The van der Waals surface area contributed by atoms with Crippen molar-refractivity contribution < 1.29 is 9.84 Å². The Morgan fingerprint density at radius 3 is 2.71 bits per heavy atom. The van der Waals surface area contributed by atoms with E-state index in [1.54, 1.807) is 0 Å². The Hall–Kier alpha value is -0.200. The summed E-state index contributed by atoms with van der Waals surface area (Å²) in [5.74, 6) is 0. The summed E-state index contributed by atoms with van der Waals surface area (Å²) in [6, 6.07) is 0.705. The van der Waals surface area contributed by atoms with Crippen LogP contribution in [0.2, 0.25) is 0 Å². The number of nitrogens with one attached hydrogen (secondary N) is 1. The molecule has 2 fully saturated rings. The second-order valence-corrected chi connectivity index (χ2v) is 4.97. The molecular formula is C12H25N3O2. The molecule has 2 saturated heterocycles. The maximum atomic E-state index is 9.72. The summed E-state index contributed by atoms with van der Waals surface area (Å²) in [6.45, 7) is 10.6. The number of hydrogen-bond acceptors (Lipinski definition) is 5. The van der Waals surface area contributed by atoms with Gasteiger partial charge >= 0.3 is 0 Å². The highest BCUT2D eigenvalue weighted by Crippen LogP contribution is 2.15. The van der Waals surface area contributed by atoms with Gasteiger partial charge in [0.2, 0.25) is 0 Å². The van der Waals surface area contributed by atoms with E-state index in [-0.39, 0.29) is 6.10 Å². The Balaban J connectivity index is 1.58. The first-order valence-corrected chi connectivity index (χ1v) is 6.72. The van der Waals surface area contributed by atoms with Crippen LogP contribution in [0.15, 0.2) is 0 Å². The highest BCUT2D eigenvalue weighted by Gasteiger charge is 2.32. The number of aliphatic hydroxyl groups is 1. The summed E-state index contributed by atoms with van der Waals surface area (Å²) in [6.07, 6.45) is -0.334. The number of hydrogen-bond donors (Lipinski definition) is 2. The predicted molar refractivity (Wildman–Crippen MR) is 67.2 cm³/mol. The van der Waals surface area contributed by atoms with Crippen molar-refractivity contribution in [3.63, 3.8) is 0 Å². The van der Waals surface area contributed by atoms with Gasteiger partial charge < -0.3 is 15.2 Å². The molecule has 0 amide bonds. The van der Waals surface area contributed by atoms with Crippen LogP contribution in [0.4, 0.5) is 0 Å². The van der Waals surface area contributed by atoms with Crippen LogP contribution in [-0.4, -0.2) is 86.1 Å². The van der Waals surface area contributed by atoms with Gasteiger partial charge in [0.25, 0.3) is 0 Å². The molecule has 2 N–H and O–H groups in total. The van der Waals surface area contributed by atoms with Crippen LogP contribution < -0.4 is 5.32 Å². The van der Waals surface area contributed by atoms with Crippen molar-refractivity contribution in [1.82, 2.24) is 15.1 Å². The lowest BCUT2D eigenvalue weighted by atomic mass is 10.1. The van der Waals surface area contributed by atoms with Gasteiger partial charge in [-0.3, -0.25) is 9.80 Å². The van der Waals surface area contributed by atoms with E-state index in [2.05, 4.69) is 15.1 Å². The molecule has 0 aromatic heterocycles. The zero-order valence-electron chi connectivity index (χ0n) is 10.8. The maximum absolute atomic E-state index is 9.72. The second-order valence-electron chi connectivity index (χ2n) is 4.97. The van der Waals surface area contributed by atoms with E-state index >= 15 is 0 Å². The molecule has 2 heterocycles. The predicted octanol–water partition coefficient (Wildman–Crippen LogP) is -1.03. The number of piperazine rings is 1. The lowest BCUT2D eigenvalue weighted by Crippen LogP contribution is -2.63. The fourth-order valence-corrected chi connectivity index (χ4v) is 2.57. The van der Waals surface area contributed by atoms with Crippen LogP contribution in [0.5, 0.6) is 0 Å². The van der Waals surface area contributed by atoms with Gasteiger partial charge in [0.1, 0.15) is 0 Å². The molecule has 2 rings (SSSR count). The summed E-state index contributed by atoms with van der Waals surface area (Å²) in [7, 11) is 0. The van der Waals surface area contributed by atoms with Crippen LogP contribution in [0, 0.1) is 0 Å². The highest BCUT2D eigenvalue weighted by atomic mass is 16.5. The van der Waals surface area contributed by atoms with E-state index < -0.39 is 0 Å². The van der Waals surface area contributed by atoms with E-state index in [9.17, 15) is 5.11 Å². The van der Waals surface area contributed by atoms with Gasteiger partial charge in [0.15, 0.2) is 0 Å². The molecule has 0 aromatic rings. The molecule has 17 heavy (non-hydrogen) atoms. The van der Waals surface area contributed by atoms with Crippen molar-refractivity contribution in [1.29, 1.82) is 0 Å². The van der Waals surface area contributed by atoms with Crippen molar-refractivity contribution in [2.75, 3.05) is 59.0 Å². The van der Waals surface area contributed by atoms with Crippen LogP contribution in [0.1, 0.15) is 6.92 Å². The summed E-state index contributed by atoms with van der Waals surface area (Å²) in [5.41, 5.74) is 0. The van der Waals surface area contributed by atoms with Crippen molar-refractivity contribution >= 4 is 0 Å². The molecule has 1 unspecified atom stereocenters. The number of likely N-dealkylation sites (tertiary alicyclic amines) is 1.